The van der Waals surface area contributed by atoms with E-state index >= 15 is 0 Å². The third kappa shape index (κ3) is 2.87. The van der Waals surface area contributed by atoms with Gasteiger partial charge in [-0.2, -0.15) is 0 Å². The van der Waals surface area contributed by atoms with E-state index in [1.807, 2.05) is 18.2 Å². The van der Waals surface area contributed by atoms with Crippen molar-refractivity contribution in [3.63, 3.8) is 0 Å². The second-order valence-electron chi connectivity index (χ2n) is 4.24. The Balaban J connectivity index is 2.17. The Hall–Kier alpha value is -0.870. The molecule has 0 bridgehead atoms. The van der Waals surface area contributed by atoms with Gasteiger partial charge in [-0.3, -0.25) is 4.79 Å². The highest BCUT2D eigenvalue weighted by Gasteiger charge is 2.20. The molecule has 1 aliphatic heterocycles. The van der Waals surface area contributed by atoms with Gasteiger partial charge < -0.3 is 9.64 Å². The van der Waals surface area contributed by atoms with Crippen molar-refractivity contribution in [1.29, 1.82) is 0 Å². The first-order valence-electron chi connectivity index (χ1n) is 5.77. The van der Waals surface area contributed by atoms with Crippen LogP contribution in [-0.2, 0) is 4.74 Å². The predicted molar refractivity (Wildman–Crippen MR) is 71.8 cm³/mol. The lowest BCUT2D eigenvalue weighted by atomic mass is 10.1. The van der Waals surface area contributed by atoms with Gasteiger partial charge in [-0.1, -0.05) is 15.9 Å². The molecule has 1 aliphatic rings. The highest BCUT2D eigenvalue weighted by atomic mass is 79.9. The molecule has 3 nitrogen and oxygen atoms in total. The minimum absolute atomic E-state index is 0.359. The standard InChI is InChI=1S/C13H16BrNO2/c1-17-12-4-6-15(7-5-12)13-8-11(14)3-2-10(13)9-16/h2-3,8-9,12H,4-7H2,1H3. The summed E-state index contributed by atoms with van der Waals surface area (Å²) < 4.78 is 6.36. The fraction of sp³-hybridized carbons (Fsp3) is 0.462. The van der Waals surface area contributed by atoms with Crippen molar-refractivity contribution in [2.45, 2.75) is 18.9 Å². The maximum Gasteiger partial charge on any atom is 0.152 e. The lowest BCUT2D eigenvalue weighted by molar-refractivity contribution is 0.0819. The van der Waals surface area contributed by atoms with Crippen LogP contribution in [0.25, 0.3) is 0 Å². The molecule has 1 saturated heterocycles. The maximum atomic E-state index is 11.0. The van der Waals surface area contributed by atoms with Gasteiger partial charge in [-0.15, -0.1) is 0 Å². The van der Waals surface area contributed by atoms with Crippen molar-refractivity contribution in [3.05, 3.63) is 28.2 Å². The first-order chi connectivity index (χ1) is 8.24. The molecule has 0 spiro atoms. The van der Waals surface area contributed by atoms with E-state index in [2.05, 4.69) is 20.8 Å². The normalized spacial score (nSPS) is 17.2. The zero-order valence-corrected chi connectivity index (χ0v) is 11.4. The number of carbonyl (C=O) groups is 1. The third-order valence-electron chi connectivity index (χ3n) is 3.24. The van der Waals surface area contributed by atoms with Crippen LogP contribution < -0.4 is 4.90 Å². The zero-order chi connectivity index (χ0) is 12.3. The van der Waals surface area contributed by atoms with Gasteiger partial charge in [0.15, 0.2) is 6.29 Å². The van der Waals surface area contributed by atoms with Crippen LogP contribution >= 0.6 is 15.9 Å². The molecule has 92 valence electrons. The quantitative estimate of drug-likeness (QED) is 0.804. The topological polar surface area (TPSA) is 29.5 Å². The molecular weight excluding hydrogens is 282 g/mol. The molecule has 1 aromatic carbocycles. The number of nitrogens with zero attached hydrogens (tertiary/aromatic N) is 1. The number of methoxy groups -OCH3 is 1. The van der Waals surface area contributed by atoms with Crippen molar-refractivity contribution in [2.24, 2.45) is 0 Å². The molecule has 4 heteroatoms. The molecule has 17 heavy (non-hydrogen) atoms. The van der Waals surface area contributed by atoms with Crippen molar-refractivity contribution >= 4 is 27.9 Å². The number of piperidine rings is 1. The fourth-order valence-electron chi connectivity index (χ4n) is 2.22. The summed E-state index contributed by atoms with van der Waals surface area (Å²) in [6.45, 7) is 1.88. The molecule has 0 unspecified atom stereocenters. The number of benzene rings is 1. The lowest BCUT2D eigenvalue weighted by Crippen LogP contribution is -2.37. The molecule has 0 saturated carbocycles. The van der Waals surface area contributed by atoms with Gasteiger partial charge in [0.25, 0.3) is 0 Å². The Labute approximate surface area is 110 Å². The molecule has 0 N–H and O–H groups in total. The number of ether oxygens (including phenoxy) is 1. The smallest absolute Gasteiger partial charge is 0.152 e. The summed E-state index contributed by atoms with van der Waals surface area (Å²) in [5, 5.41) is 0. The number of carbonyl (C=O) groups excluding carboxylic acids is 1. The number of halogens is 1. The van der Waals surface area contributed by atoms with Gasteiger partial charge in [0.05, 0.1) is 6.10 Å². The molecule has 0 amide bonds. The maximum absolute atomic E-state index is 11.0. The summed E-state index contributed by atoms with van der Waals surface area (Å²) in [5.41, 5.74) is 1.77. The largest absolute Gasteiger partial charge is 0.381 e. The third-order valence-corrected chi connectivity index (χ3v) is 3.73. The first-order valence-corrected chi connectivity index (χ1v) is 6.56. The van der Waals surface area contributed by atoms with Crippen molar-refractivity contribution in [3.8, 4) is 0 Å². The summed E-state index contributed by atoms with van der Waals surface area (Å²) in [6, 6.07) is 5.76. The minimum Gasteiger partial charge on any atom is -0.381 e. The molecule has 0 radical (unpaired) electrons. The van der Waals surface area contributed by atoms with Crippen LogP contribution in [0.1, 0.15) is 23.2 Å². The van der Waals surface area contributed by atoms with Crippen LogP contribution in [0, 0.1) is 0 Å². The second kappa shape index (κ2) is 5.65. The summed E-state index contributed by atoms with van der Waals surface area (Å²) in [7, 11) is 1.76. The summed E-state index contributed by atoms with van der Waals surface area (Å²) >= 11 is 3.45. The Morgan fingerprint density at radius 3 is 2.71 bits per heavy atom. The first kappa shape index (κ1) is 12.6. The molecule has 0 atom stereocenters. The SMILES string of the molecule is COC1CCN(c2cc(Br)ccc2C=O)CC1. The Kier molecular flexibility index (Phi) is 4.18. The van der Waals surface area contributed by atoms with Crippen LogP contribution in [0.2, 0.25) is 0 Å². The molecule has 0 aromatic heterocycles. The summed E-state index contributed by atoms with van der Waals surface area (Å²) in [5.74, 6) is 0. The molecule has 1 aromatic rings. The zero-order valence-electron chi connectivity index (χ0n) is 9.86. The Bertz CT molecular complexity index is 400. The van der Waals surface area contributed by atoms with Crippen molar-refractivity contribution < 1.29 is 9.53 Å². The van der Waals surface area contributed by atoms with E-state index in [1.54, 1.807) is 7.11 Å². The average molecular weight is 298 g/mol. The van der Waals surface area contributed by atoms with E-state index < -0.39 is 0 Å². The van der Waals surface area contributed by atoms with Crippen molar-refractivity contribution in [2.75, 3.05) is 25.1 Å². The average Bonchev–Trinajstić information content (AvgIpc) is 2.39. The van der Waals surface area contributed by atoms with Gasteiger partial charge in [0, 0.05) is 35.9 Å². The molecule has 0 aliphatic carbocycles. The van der Waals surface area contributed by atoms with Gasteiger partial charge in [0.2, 0.25) is 0 Å². The number of hydrogen-bond acceptors (Lipinski definition) is 3. The molecule has 1 heterocycles. The number of rotatable bonds is 3. The lowest BCUT2D eigenvalue weighted by Gasteiger charge is -2.33. The molecule has 2 rings (SSSR count). The van der Waals surface area contributed by atoms with Crippen LogP contribution in [0.15, 0.2) is 22.7 Å². The van der Waals surface area contributed by atoms with E-state index in [9.17, 15) is 4.79 Å². The minimum atomic E-state index is 0.359. The summed E-state index contributed by atoms with van der Waals surface area (Å²) in [4.78, 5) is 13.3. The van der Waals surface area contributed by atoms with Crippen LogP contribution in [0.3, 0.4) is 0 Å². The van der Waals surface area contributed by atoms with E-state index in [0.717, 1.165) is 47.9 Å². The van der Waals surface area contributed by atoms with Crippen LogP contribution in [0.5, 0.6) is 0 Å². The van der Waals surface area contributed by atoms with Gasteiger partial charge in [0.1, 0.15) is 0 Å². The Morgan fingerprint density at radius 2 is 2.12 bits per heavy atom. The van der Waals surface area contributed by atoms with Crippen LogP contribution in [0.4, 0.5) is 5.69 Å². The monoisotopic (exact) mass is 297 g/mol. The van der Waals surface area contributed by atoms with E-state index in [4.69, 9.17) is 4.74 Å². The highest BCUT2D eigenvalue weighted by molar-refractivity contribution is 9.10. The number of hydrogen-bond donors (Lipinski definition) is 0. The van der Waals surface area contributed by atoms with Crippen molar-refractivity contribution in [1.82, 2.24) is 0 Å². The van der Waals surface area contributed by atoms with E-state index in [0.29, 0.717) is 6.10 Å². The van der Waals surface area contributed by atoms with Gasteiger partial charge in [-0.05, 0) is 31.0 Å². The summed E-state index contributed by atoms with van der Waals surface area (Å²) in [6.07, 6.45) is 3.31. The van der Waals surface area contributed by atoms with Gasteiger partial charge >= 0.3 is 0 Å². The number of aldehydes is 1. The number of anilines is 1. The van der Waals surface area contributed by atoms with E-state index in [-0.39, 0.29) is 0 Å². The van der Waals surface area contributed by atoms with Crippen LogP contribution in [-0.4, -0.2) is 32.6 Å². The fourth-order valence-corrected chi connectivity index (χ4v) is 2.57. The Morgan fingerprint density at radius 1 is 1.41 bits per heavy atom. The van der Waals surface area contributed by atoms with Gasteiger partial charge in [-0.25, -0.2) is 0 Å². The predicted octanol–water partition coefficient (Wildman–Crippen LogP) is 2.88. The second-order valence-corrected chi connectivity index (χ2v) is 5.16. The van der Waals surface area contributed by atoms with E-state index in [1.165, 1.54) is 0 Å². The molecular formula is C13H16BrNO2. The molecule has 1 fully saturated rings. The highest BCUT2D eigenvalue weighted by Crippen LogP contribution is 2.27.